The quantitative estimate of drug-likeness (QED) is 0.202. The van der Waals surface area contributed by atoms with Gasteiger partial charge >= 0.3 is 6.30 Å². The number of pyridine rings is 1. The van der Waals surface area contributed by atoms with E-state index in [2.05, 4.69) is 20.1 Å². The van der Waals surface area contributed by atoms with Crippen LogP contribution in [0.1, 0.15) is 59.0 Å². The molecule has 2 N–H and O–H groups in total. The number of anilines is 2. The first-order valence-corrected chi connectivity index (χ1v) is 15.1. The Morgan fingerprint density at radius 2 is 1.88 bits per heavy atom. The molecule has 1 unspecified atom stereocenters. The van der Waals surface area contributed by atoms with Crippen molar-refractivity contribution in [2.24, 2.45) is 7.05 Å². The molecule has 1 saturated heterocycles. The van der Waals surface area contributed by atoms with Gasteiger partial charge in [0.05, 0.1) is 28.3 Å². The third-order valence-electron chi connectivity index (χ3n) is 7.51. The highest BCUT2D eigenvalue weighted by molar-refractivity contribution is 7.97. The van der Waals surface area contributed by atoms with Gasteiger partial charge in [-0.1, -0.05) is 29.6 Å². The van der Waals surface area contributed by atoms with Crippen LogP contribution >= 0.6 is 23.5 Å². The Labute approximate surface area is 254 Å². The number of hydrogen-bond donors (Lipinski definition) is 2. The Kier molecular flexibility index (Phi) is 8.61. The van der Waals surface area contributed by atoms with Gasteiger partial charge in [0, 0.05) is 44.1 Å². The van der Waals surface area contributed by atoms with Crippen molar-refractivity contribution < 1.29 is 18.0 Å². The molecule has 3 aromatic heterocycles. The van der Waals surface area contributed by atoms with Crippen molar-refractivity contribution in [2.45, 2.75) is 44.9 Å². The summed E-state index contributed by atoms with van der Waals surface area (Å²) >= 11 is 7.22. The maximum absolute atomic E-state index is 13.6. The van der Waals surface area contributed by atoms with Crippen molar-refractivity contribution >= 4 is 52.0 Å². The highest BCUT2D eigenvalue weighted by Crippen LogP contribution is 2.33. The Morgan fingerprint density at radius 1 is 1.16 bits per heavy atom. The van der Waals surface area contributed by atoms with E-state index in [9.17, 15) is 22.8 Å². The number of benzene rings is 1. The summed E-state index contributed by atoms with van der Waals surface area (Å²) in [5, 5.41) is 7.71. The second kappa shape index (κ2) is 12.1. The van der Waals surface area contributed by atoms with E-state index in [1.54, 1.807) is 31.5 Å². The highest BCUT2D eigenvalue weighted by Gasteiger charge is 2.33. The summed E-state index contributed by atoms with van der Waals surface area (Å²) in [5.41, 5.74) is 2.94. The van der Waals surface area contributed by atoms with Crippen molar-refractivity contribution in [3.05, 3.63) is 74.6 Å². The molecule has 0 saturated carbocycles. The summed E-state index contributed by atoms with van der Waals surface area (Å²) in [6, 6.07) is 8.04. The number of amides is 1. The highest BCUT2D eigenvalue weighted by atomic mass is 35.5. The molecule has 0 spiro atoms. The van der Waals surface area contributed by atoms with Crippen LogP contribution in [-0.4, -0.2) is 49.6 Å². The number of carbonyl (C=O) groups is 1. The molecule has 0 aliphatic carbocycles. The number of nitrogens with zero attached hydrogens (tertiary/aromatic N) is 6. The maximum Gasteiger partial charge on any atom is 0.504 e. The normalized spacial score (nSPS) is 15.1. The van der Waals surface area contributed by atoms with E-state index in [-0.39, 0.29) is 33.0 Å². The smallest absolute Gasteiger partial charge is 0.377 e. The number of fused-ring (bicyclic) bond motifs is 1. The zero-order chi connectivity index (χ0) is 31.1. The molecule has 1 atom stereocenters. The molecule has 1 aliphatic heterocycles. The first-order chi connectivity index (χ1) is 20.4. The lowest BCUT2D eigenvalue weighted by Gasteiger charge is -2.33. The lowest BCUT2D eigenvalue weighted by Crippen LogP contribution is -2.38. The van der Waals surface area contributed by atoms with E-state index in [0.717, 1.165) is 29.3 Å². The Bertz CT molecular complexity index is 1730. The van der Waals surface area contributed by atoms with Gasteiger partial charge in [-0.3, -0.25) is 18.9 Å². The number of carbonyl (C=O) groups excluding carboxylic acids is 1. The number of piperidine rings is 1. The van der Waals surface area contributed by atoms with E-state index >= 15 is 0 Å². The van der Waals surface area contributed by atoms with Gasteiger partial charge in [-0.05, 0) is 56.5 Å². The summed E-state index contributed by atoms with van der Waals surface area (Å²) in [6.45, 7) is 4.79. The van der Waals surface area contributed by atoms with Gasteiger partial charge in [0.15, 0.2) is 5.69 Å². The fraction of sp³-hybridized carbons (Fsp3) is 0.393. The van der Waals surface area contributed by atoms with Gasteiger partial charge in [0.1, 0.15) is 5.15 Å². The van der Waals surface area contributed by atoms with Crippen LogP contribution < -0.4 is 20.5 Å². The topological polar surface area (TPSA) is 110 Å². The van der Waals surface area contributed by atoms with Crippen molar-refractivity contribution in [3.8, 4) is 0 Å². The average molecular weight is 635 g/mol. The number of hydrogen-bond acceptors (Lipinski definition) is 8. The maximum atomic E-state index is 13.6. The molecule has 228 valence electrons. The fourth-order valence-corrected chi connectivity index (χ4v) is 5.83. The standard InChI is InChI=1S/C28H30ClF3N8O2S/c1-15-13-18(16(2)33-21-5-6-22(29)34-24(21)25(41)37-43-4)23-19(14-15)26(42)38(3)27(35-23)39-10-7-17(8-11-39)20-9-12-40(36-20)28(30,31)32/h5-6,9,12-14,16-17,33H,7-8,10-11H2,1-4H3,(H,37,41). The number of alkyl halides is 3. The molecule has 4 aromatic rings. The van der Waals surface area contributed by atoms with Crippen molar-refractivity contribution in [3.63, 3.8) is 0 Å². The van der Waals surface area contributed by atoms with Gasteiger partial charge in [-0.15, -0.1) is 13.2 Å². The number of aryl methyl sites for hydroxylation is 1. The predicted octanol–water partition coefficient (Wildman–Crippen LogP) is 5.53. The number of nitrogens with one attached hydrogen (secondary N) is 2. The third-order valence-corrected chi connectivity index (χ3v) is 8.11. The lowest BCUT2D eigenvalue weighted by molar-refractivity contribution is -0.212. The lowest BCUT2D eigenvalue weighted by atomic mass is 9.94. The van der Waals surface area contributed by atoms with E-state index in [1.807, 2.05) is 24.8 Å². The Morgan fingerprint density at radius 3 is 2.53 bits per heavy atom. The zero-order valence-corrected chi connectivity index (χ0v) is 25.4. The van der Waals surface area contributed by atoms with Gasteiger partial charge < -0.3 is 10.2 Å². The van der Waals surface area contributed by atoms with Crippen LogP contribution in [0.15, 0.2) is 41.3 Å². The molecule has 0 radical (unpaired) electrons. The molecule has 15 heteroatoms. The molecule has 1 aliphatic rings. The second-order valence-corrected chi connectivity index (χ2v) is 11.5. The molecule has 43 heavy (non-hydrogen) atoms. The predicted molar refractivity (Wildman–Crippen MR) is 162 cm³/mol. The first kappa shape index (κ1) is 30.7. The van der Waals surface area contributed by atoms with Gasteiger partial charge in [0.2, 0.25) is 5.95 Å². The summed E-state index contributed by atoms with van der Waals surface area (Å²) in [5.74, 6) is -0.0609. The Hall–Kier alpha value is -3.78. The minimum atomic E-state index is -4.55. The summed E-state index contributed by atoms with van der Waals surface area (Å²) in [4.78, 5) is 37.4. The molecule has 1 fully saturated rings. The number of halogens is 4. The molecule has 1 aromatic carbocycles. The summed E-state index contributed by atoms with van der Waals surface area (Å²) < 4.78 is 43.3. The molecule has 0 bridgehead atoms. The number of rotatable bonds is 7. The van der Waals surface area contributed by atoms with Crippen molar-refractivity contribution in [1.82, 2.24) is 29.0 Å². The van der Waals surface area contributed by atoms with E-state index in [4.69, 9.17) is 16.6 Å². The molecule has 1 amide bonds. The minimum Gasteiger partial charge on any atom is -0.377 e. The SMILES string of the molecule is CSNC(=O)c1nc(Cl)ccc1NC(C)c1cc(C)cc2c(=O)n(C)c(N3CCC(c4ccn(C(F)(F)F)n4)CC3)nc12. The largest absolute Gasteiger partial charge is 0.504 e. The van der Waals surface area contributed by atoms with Gasteiger partial charge in [-0.2, -0.15) is 9.78 Å². The van der Waals surface area contributed by atoms with Crippen LogP contribution in [0, 0.1) is 6.92 Å². The molecular weight excluding hydrogens is 605 g/mol. The Balaban J connectivity index is 1.45. The van der Waals surface area contributed by atoms with Crippen LogP contribution in [0.2, 0.25) is 5.15 Å². The van der Waals surface area contributed by atoms with Crippen LogP contribution in [-0.2, 0) is 13.3 Å². The first-order valence-electron chi connectivity index (χ1n) is 13.5. The van der Waals surface area contributed by atoms with Crippen LogP contribution in [0.5, 0.6) is 0 Å². The van der Waals surface area contributed by atoms with E-state index < -0.39 is 12.2 Å². The van der Waals surface area contributed by atoms with Crippen LogP contribution in [0.3, 0.4) is 0 Å². The zero-order valence-electron chi connectivity index (χ0n) is 23.9. The molecule has 4 heterocycles. The van der Waals surface area contributed by atoms with E-state index in [1.165, 1.54) is 10.6 Å². The van der Waals surface area contributed by atoms with Crippen molar-refractivity contribution in [2.75, 3.05) is 29.6 Å². The number of aromatic nitrogens is 5. The average Bonchev–Trinajstić information content (AvgIpc) is 3.47. The summed E-state index contributed by atoms with van der Waals surface area (Å²) in [6.07, 6.45) is -0.767. The van der Waals surface area contributed by atoms with Gasteiger partial charge in [-0.25, -0.2) is 9.97 Å². The fourth-order valence-electron chi connectivity index (χ4n) is 5.40. The van der Waals surface area contributed by atoms with E-state index in [0.29, 0.717) is 54.2 Å². The van der Waals surface area contributed by atoms with Crippen LogP contribution in [0.25, 0.3) is 10.9 Å². The minimum absolute atomic E-state index is 0.0280. The van der Waals surface area contributed by atoms with Gasteiger partial charge in [0.25, 0.3) is 11.5 Å². The molecule has 5 rings (SSSR count). The second-order valence-electron chi connectivity index (χ2n) is 10.5. The third kappa shape index (κ3) is 6.30. The van der Waals surface area contributed by atoms with Crippen LogP contribution in [0.4, 0.5) is 24.8 Å². The van der Waals surface area contributed by atoms with Crippen molar-refractivity contribution in [1.29, 1.82) is 0 Å². The molecular formula is C28H30ClF3N8O2S. The monoisotopic (exact) mass is 634 g/mol. The molecule has 10 nitrogen and oxygen atoms in total. The summed E-state index contributed by atoms with van der Waals surface area (Å²) in [7, 11) is 1.67.